The number of aldehydes is 1. The van der Waals surface area contributed by atoms with Crippen LogP contribution in [0.25, 0.3) is 0 Å². The van der Waals surface area contributed by atoms with E-state index in [1.165, 1.54) is 18.2 Å². The van der Waals surface area contributed by atoms with Gasteiger partial charge < -0.3 is 0 Å². The van der Waals surface area contributed by atoms with Gasteiger partial charge in [-0.25, -0.2) is 18.1 Å². The normalized spacial score (nSPS) is 11.7. The van der Waals surface area contributed by atoms with Gasteiger partial charge in [-0.1, -0.05) is 19.9 Å². The van der Waals surface area contributed by atoms with Crippen LogP contribution in [-0.4, -0.2) is 26.2 Å². The Kier molecular flexibility index (Phi) is 4.14. The second-order valence-corrected chi connectivity index (χ2v) is 5.48. The predicted octanol–water partition coefficient (Wildman–Crippen LogP) is 0.828. The Balaban J connectivity index is 2.93. The lowest BCUT2D eigenvalue weighted by Gasteiger charge is -2.08. The number of carbonyl (C=O) groups is 1. The van der Waals surface area contributed by atoms with Crippen molar-refractivity contribution in [2.75, 3.05) is 6.54 Å². The minimum atomic E-state index is -3.61. The number of sulfonamides is 1. The molecular formula is C10H14N2O3S. The Morgan fingerprint density at radius 3 is 2.69 bits per heavy atom. The molecule has 0 radical (unpaired) electrons. The molecule has 1 rings (SSSR count). The number of aromatic nitrogens is 1. The van der Waals surface area contributed by atoms with Gasteiger partial charge in [-0.05, 0) is 18.1 Å². The van der Waals surface area contributed by atoms with Gasteiger partial charge in [-0.3, -0.25) is 4.79 Å². The van der Waals surface area contributed by atoms with Crippen molar-refractivity contribution in [3.05, 3.63) is 23.9 Å². The summed E-state index contributed by atoms with van der Waals surface area (Å²) in [5, 5.41) is -0.127. The smallest absolute Gasteiger partial charge is 0.258 e. The van der Waals surface area contributed by atoms with Gasteiger partial charge in [-0.15, -0.1) is 0 Å². The molecule has 0 aliphatic rings. The molecule has 0 saturated heterocycles. The van der Waals surface area contributed by atoms with Crippen LogP contribution in [0.4, 0.5) is 0 Å². The van der Waals surface area contributed by atoms with E-state index in [1.54, 1.807) is 0 Å². The minimum Gasteiger partial charge on any atom is -0.296 e. The van der Waals surface area contributed by atoms with Crippen molar-refractivity contribution in [3.63, 3.8) is 0 Å². The molecule has 0 atom stereocenters. The molecule has 1 heterocycles. The quantitative estimate of drug-likeness (QED) is 0.776. The second kappa shape index (κ2) is 5.18. The first-order valence-corrected chi connectivity index (χ1v) is 6.36. The van der Waals surface area contributed by atoms with Crippen molar-refractivity contribution in [3.8, 4) is 0 Å². The van der Waals surface area contributed by atoms with E-state index in [2.05, 4.69) is 9.71 Å². The van der Waals surface area contributed by atoms with Crippen molar-refractivity contribution in [2.24, 2.45) is 5.92 Å². The van der Waals surface area contributed by atoms with Gasteiger partial charge >= 0.3 is 0 Å². The summed E-state index contributed by atoms with van der Waals surface area (Å²) in [5.74, 6) is 0.212. The van der Waals surface area contributed by atoms with Crippen molar-refractivity contribution in [1.29, 1.82) is 0 Å². The predicted molar refractivity (Wildman–Crippen MR) is 59.7 cm³/mol. The zero-order chi connectivity index (χ0) is 12.2. The van der Waals surface area contributed by atoms with Gasteiger partial charge in [0.1, 0.15) is 5.69 Å². The summed E-state index contributed by atoms with van der Waals surface area (Å²) in [6.07, 6.45) is 0.515. The standard InChI is InChI=1S/C10H14N2O3S/c1-8(2)6-11-16(14,15)10-5-3-4-9(7-13)12-10/h3-5,7-8,11H,6H2,1-2H3. The molecule has 0 amide bonds. The zero-order valence-corrected chi connectivity index (χ0v) is 9.99. The van der Waals surface area contributed by atoms with E-state index in [9.17, 15) is 13.2 Å². The Hall–Kier alpha value is -1.27. The van der Waals surface area contributed by atoms with Crippen molar-refractivity contribution in [1.82, 2.24) is 9.71 Å². The lowest BCUT2D eigenvalue weighted by atomic mass is 10.2. The maximum Gasteiger partial charge on any atom is 0.258 e. The first kappa shape index (κ1) is 12.8. The highest BCUT2D eigenvalue weighted by atomic mass is 32.2. The number of carbonyl (C=O) groups excluding carboxylic acids is 1. The fourth-order valence-corrected chi connectivity index (χ4v) is 2.18. The van der Waals surface area contributed by atoms with Gasteiger partial charge in [0.15, 0.2) is 11.3 Å². The summed E-state index contributed by atoms with van der Waals surface area (Å²) in [6.45, 7) is 4.14. The van der Waals surface area contributed by atoms with Crippen LogP contribution in [0.2, 0.25) is 0 Å². The number of rotatable bonds is 5. The lowest BCUT2D eigenvalue weighted by molar-refractivity contribution is 0.111. The Morgan fingerprint density at radius 1 is 1.44 bits per heavy atom. The van der Waals surface area contributed by atoms with E-state index >= 15 is 0 Å². The highest BCUT2D eigenvalue weighted by Crippen LogP contribution is 2.05. The van der Waals surface area contributed by atoms with Crippen LogP contribution in [0, 0.1) is 5.92 Å². The molecule has 88 valence electrons. The van der Waals surface area contributed by atoms with E-state index in [4.69, 9.17) is 0 Å². The Morgan fingerprint density at radius 2 is 2.12 bits per heavy atom. The second-order valence-electron chi connectivity index (χ2n) is 3.76. The maximum absolute atomic E-state index is 11.7. The topological polar surface area (TPSA) is 76.1 Å². The van der Waals surface area contributed by atoms with Crippen LogP contribution in [0.5, 0.6) is 0 Å². The van der Waals surface area contributed by atoms with E-state index in [0.29, 0.717) is 12.8 Å². The largest absolute Gasteiger partial charge is 0.296 e. The molecule has 0 aliphatic carbocycles. The number of nitrogens with one attached hydrogen (secondary N) is 1. The first-order chi connectivity index (χ1) is 7.45. The lowest BCUT2D eigenvalue weighted by Crippen LogP contribution is -2.28. The van der Waals surface area contributed by atoms with Crippen LogP contribution < -0.4 is 4.72 Å². The maximum atomic E-state index is 11.7. The van der Waals surface area contributed by atoms with E-state index in [1.807, 2.05) is 13.8 Å². The van der Waals surface area contributed by atoms with Crippen LogP contribution in [0.15, 0.2) is 23.2 Å². The average Bonchev–Trinajstić information content (AvgIpc) is 2.27. The highest BCUT2D eigenvalue weighted by molar-refractivity contribution is 7.89. The Labute approximate surface area is 94.9 Å². The number of hydrogen-bond donors (Lipinski definition) is 1. The van der Waals surface area contributed by atoms with Gasteiger partial charge in [0, 0.05) is 6.54 Å². The summed E-state index contributed by atoms with van der Waals surface area (Å²) in [5.41, 5.74) is 0.104. The average molecular weight is 242 g/mol. The molecule has 1 N–H and O–H groups in total. The highest BCUT2D eigenvalue weighted by Gasteiger charge is 2.15. The molecule has 5 nitrogen and oxygen atoms in total. The van der Waals surface area contributed by atoms with Crippen LogP contribution in [0.1, 0.15) is 24.3 Å². The molecular weight excluding hydrogens is 228 g/mol. The van der Waals surface area contributed by atoms with Crippen molar-refractivity contribution < 1.29 is 13.2 Å². The summed E-state index contributed by atoms with van der Waals surface area (Å²) in [4.78, 5) is 14.2. The molecule has 0 bridgehead atoms. The number of nitrogens with zero attached hydrogens (tertiary/aromatic N) is 1. The van der Waals surface area contributed by atoms with Crippen molar-refractivity contribution >= 4 is 16.3 Å². The molecule has 0 aromatic carbocycles. The summed E-state index contributed by atoms with van der Waals surface area (Å²) >= 11 is 0. The van der Waals surface area contributed by atoms with Gasteiger partial charge in [-0.2, -0.15) is 0 Å². The molecule has 0 unspecified atom stereocenters. The fourth-order valence-electron chi connectivity index (χ4n) is 0.996. The van der Waals surface area contributed by atoms with Gasteiger partial charge in [0.2, 0.25) is 0 Å². The number of hydrogen-bond acceptors (Lipinski definition) is 4. The molecule has 0 saturated carbocycles. The van der Waals surface area contributed by atoms with Gasteiger partial charge in [0.05, 0.1) is 0 Å². The molecule has 0 fully saturated rings. The van der Waals surface area contributed by atoms with Crippen LogP contribution >= 0.6 is 0 Å². The third-order valence-electron chi connectivity index (χ3n) is 1.82. The fraction of sp³-hybridized carbons (Fsp3) is 0.400. The SMILES string of the molecule is CC(C)CNS(=O)(=O)c1cccc(C=O)n1. The molecule has 6 heteroatoms. The third kappa shape index (κ3) is 3.39. The molecule has 0 aliphatic heterocycles. The Bertz CT molecular complexity index is 469. The van der Waals surface area contributed by atoms with Crippen LogP contribution in [-0.2, 0) is 10.0 Å². The summed E-state index contributed by atoms with van der Waals surface area (Å²) in [7, 11) is -3.61. The van der Waals surface area contributed by atoms with Crippen molar-refractivity contribution in [2.45, 2.75) is 18.9 Å². The third-order valence-corrected chi connectivity index (χ3v) is 3.15. The first-order valence-electron chi connectivity index (χ1n) is 4.87. The monoisotopic (exact) mass is 242 g/mol. The van der Waals surface area contributed by atoms with E-state index < -0.39 is 10.0 Å². The van der Waals surface area contributed by atoms with Crippen LogP contribution in [0.3, 0.4) is 0 Å². The van der Waals surface area contributed by atoms with Gasteiger partial charge in [0.25, 0.3) is 10.0 Å². The molecule has 1 aromatic rings. The van der Waals surface area contributed by atoms with E-state index in [-0.39, 0.29) is 16.6 Å². The minimum absolute atomic E-state index is 0.104. The van der Waals surface area contributed by atoms with E-state index in [0.717, 1.165) is 0 Å². The number of pyridine rings is 1. The summed E-state index contributed by atoms with van der Waals surface area (Å²) in [6, 6.07) is 4.30. The molecule has 0 spiro atoms. The molecule has 1 aromatic heterocycles. The zero-order valence-electron chi connectivity index (χ0n) is 9.17. The molecule has 16 heavy (non-hydrogen) atoms. The summed E-state index contributed by atoms with van der Waals surface area (Å²) < 4.78 is 25.9.